The van der Waals surface area contributed by atoms with Crippen LogP contribution in [-0.4, -0.2) is 28.2 Å². The van der Waals surface area contributed by atoms with Gasteiger partial charge in [-0.15, -0.1) is 0 Å². The first-order valence-corrected chi connectivity index (χ1v) is 19.2. The van der Waals surface area contributed by atoms with Crippen LogP contribution in [0.15, 0.2) is 114 Å². The van der Waals surface area contributed by atoms with Crippen LogP contribution < -0.4 is 4.72 Å². The van der Waals surface area contributed by atoms with Gasteiger partial charge in [0, 0.05) is 0 Å². The second-order valence-corrected chi connectivity index (χ2v) is 19.4. The Kier molecular flexibility index (Phi) is 10.00. The molecule has 6 nitrogen and oxygen atoms in total. The number of carbonyl (C=O) groups is 1. The monoisotopic (exact) mass is 629 g/mol. The van der Waals surface area contributed by atoms with Crippen LogP contribution in [0.5, 0.6) is 0 Å². The van der Waals surface area contributed by atoms with Gasteiger partial charge in [-0.1, -0.05) is 123 Å². The lowest BCUT2D eigenvalue weighted by atomic mass is 9.89. The van der Waals surface area contributed by atoms with Crippen molar-refractivity contribution in [2.75, 3.05) is 0 Å². The summed E-state index contributed by atoms with van der Waals surface area (Å²) in [7, 11) is -6.75. The van der Waals surface area contributed by atoms with Gasteiger partial charge in [0.25, 0.3) is 0 Å². The van der Waals surface area contributed by atoms with Crippen LogP contribution in [-0.2, 0) is 30.6 Å². The highest BCUT2D eigenvalue weighted by atomic mass is 32.2. The Labute approximate surface area is 263 Å². The van der Waals surface area contributed by atoms with E-state index in [4.69, 9.17) is 9.16 Å². The number of ether oxygens (including phenoxy) is 1. The largest absolute Gasteiger partial charge is 0.459 e. The molecule has 0 bridgehead atoms. The maximum absolute atomic E-state index is 14.2. The first-order chi connectivity index (χ1) is 20.6. The van der Waals surface area contributed by atoms with E-state index in [-0.39, 0.29) is 16.5 Å². The molecule has 4 rings (SSSR count). The number of benzene rings is 4. The van der Waals surface area contributed by atoms with E-state index in [1.54, 1.807) is 19.1 Å². The van der Waals surface area contributed by atoms with Crippen LogP contribution in [0.25, 0.3) is 11.1 Å². The number of hydrogen-bond acceptors (Lipinski definition) is 5. The summed E-state index contributed by atoms with van der Waals surface area (Å²) in [5.41, 5.74) is 2.60. The summed E-state index contributed by atoms with van der Waals surface area (Å²) in [5, 5.41) is -0.222. The summed E-state index contributed by atoms with van der Waals surface area (Å²) in [6.07, 6.45) is -0.989. The number of carbonyl (C=O) groups excluding carboxylic acids is 1. The van der Waals surface area contributed by atoms with Crippen molar-refractivity contribution in [2.24, 2.45) is 0 Å². The van der Waals surface area contributed by atoms with Crippen molar-refractivity contribution in [3.63, 3.8) is 0 Å². The Morgan fingerprint density at radius 1 is 0.773 bits per heavy atom. The van der Waals surface area contributed by atoms with Crippen LogP contribution in [0, 0.1) is 6.92 Å². The highest BCUT2D eigenvalue weighted by Gasteiger charge is 2.51. The molecule has 0 heterocycles. The fourth-order valence-electron chi connectivity index (χ4n) is 4.60. The molecule has 0 fully saturated rings. The van der Waals surface area contributed by atoms with Gasteiger partial charge in [-0.3, -0.25) is 0 Å². The standard InChI is InChI=1S/C36H43NO5SSi/c1-27-18-24-32(25-19-27)43(39,40)37-36(5,34(38)41-26-28-14-10-8-11-15-28)33(42-44(6,7)35(2,3)4)31-22-20-30(21-23-31)29-16-12-9-13-17-29/h8-25,33,37H,26H2,1-7H3/t33-,36-/m0/s1. The van der Waals surface area contributed by atoms with Crippen molar-refractivity contribution >= 4 is 24.3 Å². The third-order valence-corrected chi connectivity index (χ3v) is 14.4. The predicted octanol–water partition coefficient (Wildman–Crippen LogP) is 8.21. The van der Waals surface area contributed by atoms with Gasteiger partial charge < -0.3 is 9.16 Å². The second kappa shape index (κ2) is 13.2. The van der Waals surface area contributed by atoms with E-state index in [1.807, 2.05) is 91.9 Å². The normalized spacial score (nSPS) is 14.4. The predicted molar refractivity (Wildman–Crippen MR) is 179 cm³/mol. The number of aryl methyl sites for hydroxylation is 1. The molecule has 0 spiro atoms. The number of nitrogens with one attached hydrogen (secondary N) is 1. The van der Waals surface area contributed by atoms with E-state index >= 15 is 0 Å². The lowest BCUT2D eigenvalue weighted by Crippen LogP contribution is -2.59. The summed E-state index contributed by atoms with van der Waals surface area (Å²) >= 11 is 0. The summed E-state index contributed by atoms with van der Waals surface area (Å²) in [6.45, 7) is 13.9. The molecule has 1 N–H and O–H groups in total. The quantitative estimate of drug-likeness (QED) is 0.134. The summed E-state index contributed by atoms with van der Waals surface area (Å²) < 4.78 is 43.4. The van der Waals surface area contributed by atoms with Crippen LogP contribution >= 0.6 is 0 Å². The second-order valence-electron chi connectivity index (χ2n) is 12.9. The zero-order valence-corrected chi connectivity index (χ0v) is 28.4. The van der Waals surface area contributed by atoms with Gasteiger partial charge in [-0.05, 0) is 66.4 Å². The smallest absolute Gasteiger partial charge is 0.330 e. The molecular formula is C36H43NO5SSi. The SMILES string of the molecule is Cc1ccc(S(=O)(=O)N[C@](C)(C(=O)OCc2ccccc2)[C@@H](O[Si](C)(C)C(C)(C)C)c2ccc(-c3ccccc3)cc2)cc1. The lowest BCUT2D eigenvalue weighted by molar-refractivity contribution is -0.156. The van der Waals surface area contributed by atoms with Gasteiger partial charge in [-0.2, -0.15) is 4.72 Å². The molecule has 0 unspecified atom stereocenters. The van der Waals surface area contributed by atoms with Crippen molar-refractivity contribution in [1.29, 1.82) is 0 Å². The van der Waals surface area contributed by atoms with Crippen molar-refractivity contribution in [2.45, 2.75) is 75.9 Å². The van der Waals surface area contributed by atoms with E-state index in [9.17, 15) is 13.2 Å². The van der Waals surface area contributed by atoms with Crippen molar-refractivity contribution in [3.8, 4) is 11.1 Å². The molecule has 8 heteroatoms. The van der Waals surface area contributed by atoms with Crippen molar-refractivity contribution in [1.82, 2.24) is 4.72 Å². The zero-order valence-electron chi connectivity index (χ0n) is 26.6. The molecule has 44 heavy (non-hydrogen) atoms. The molecular weight excluding hydrogens is 587 g/mol. The molecule has 232 valence electrons. The number of sulfonamides is 1. The van der Waals surface area contributed by atoms with E-state index in [0.717, 1.165) is 22.3 Å². The first-order valence-electron chi connectivity index (χ1n) is 14.8. The van der Waals surface area contributed by atoms with E-state index in [2.05, 4.69) is 38.6 Å². The van der Waals surface area contributed by atoms with Gasteiger partial charge in [0.2, 0.25) is 10.0 Å². The van der Waals surface area contributed by atoms with Gasteiger partial charge >= 0.3 is 5.97 Å². The fraction of sp³-hybridized carbons (Fsp3) is 0.306. The molecule has 0 aliphatic rings. The molecule has 0 aliphatic carbocycles. The third kappa shape index (κ3) is 7.74. The summed E-state index contributed by atoms with van der Waals surface area (Å²) in [5.74, 6) is -0.729. The Balaban J connectivity index is 1.83. The Hall–Kier alpha value is -3.56. The highest BCUT2D eigenvalue weighted by molar-refractivity contribution is 7.89. The number of rotatable bonds is 11. The van der Waals surface area contributed by atoms with Gasteiger partial charge in [0.1, 0.15) is 12.7 Å². The number of esters is 1. The molecule has 0 aliphatic heterocycles. The number of hydrogen-bond donors (Lipinski definition) is 1. The van der Waals surface area contributed by atoms with Gasteiger partial charge in [0.15, 0.2) is 13.9 Å². The maximum atomic E-state index is 14.2. The molecule has 4 aromatic rings. The first kappa shape index (κ1) is 33.3. The lowest BCUT2D eigenvalue weighted by Gasteiger charge is -2.44. The minimum Gasteiger partial charge on any atom is -0.459 e. The Morgan fingerprint density at radius 3 is 1.84 bits per heavy atom. The average Bonchev–Trinajstić information content (AvgIpc) is 2.99. The van der Waals surface area contributed by atoms with Gasteiger partial charge in [0.05, 0.1) is 4.90 Å². The molecule has 0 saturated heterocycles. The van der Waals surface area contributed by atoms with Crippen LogP contribution in [0.1, 0.15) is 50.5 Å². The highest BCUT2D eigenvalue weighted by Crippen LogP contribution is 2.44. The van der Waals surface area contributed by atoms with E-state index in [0.29, 0.717) is 5.56 Å². The third-order valence-electron chi connectivity index (χ3n) is 8.38. The van der Waals surface area contributed by atoms with E-state index < -0.39 is 36.0 Å². The van der Waals surface area contributed by atoms with Crippen LogP contribution in [0.2, 0.25) is 18.1 Å². The van der Waals surface area contributed by atoms with Crippen molar-refractivity contribution in [3.05, 3.63) is 126 Å². The Bertz CT molecular complexity index is 1650. The fourth-order valence-corrected chi connectivity index (χ4v) is 7.28. The molecule has 2 atom stereocenters. The zero-order chi connectivity index (χ0) is 32.2. The molecule has 0 saturated carbocycles. The van der Waals surface area contributed by atoms with Crippen LogP contribution in [0.3, 0.4) is 0 Å². The van der Waals surface area contributed by atoms with Gasteiger partial charge in [-0.25, -0.2) is 13.2 Å². The molecule has 0 aromatic heterocycles. The minimum atomic E-state index is -4.17. The molecule has 0 amide bonds. The molecule has 0 radical (unpaired) electrons. The summed E-state index contributed by atoms with van der Waals surface area (Å²) in [6, 6.07) is 33.6. The Morgan fingerprint density at radius 2 is 1.30 bits per heavy atom. The topological polar surface area (TPSA) is 81.7 Å². The average molecular weight is 630 g/mol. The maximum Gasteiger partial charge on any atom is 0.330 e. The van der Waals surface area contributed by atoms with Crippen molar-refractivity contribution < 1.29 is 22.4 Å². The minimum absolute atomic E-state index is 0.0126. The summed E-state index contributed by atoms with van der Waals surface area (Å²) in [4.78, 5) is 14.3. The van der Waals surface area contributed by atoms with Crippen LogP contribution in [0.4, 0.5) is 0 Å². The van der Waals surface area contributed by atoms with E-state index in [1.165, 1.54) is 12.1 Å². The molecule has 4 aromatic carbocycles.